The van der Waals surface area contributed by atoms with Gasteiger partial charge in [0.05, 0.1) is 4.92 Å². The maximum atomic E-state index is 11.1. The molecule has 0 aliphatic carbocycles. The predicted molar refractivity (Wildman–Crippen MR) is 42.5 cm³/mol. The van der Waals surface area contributed by atoms with Crippen LogP contribution in [0.5, 0.6) is 0 Å². The molecule has 0 spiro atoms. The summed E-state index contributed by atoms with van der Waals surface area (Å²) in [5, 5.41) is 12.9. The summed E-state index contributed by atoms with van der Waals surface area (Å²) in [4.78, 5) is 24.6. The molecule has 2 heterocycles. The minimum absolute atomic E-state index is 0.0255. The molecule has 0 atom stereocenters. The molecular formula is C6H4N4O3. The van der Waals surface area contributed by atoms with Crippen LogP contribution in [-0.4, -0.2) is 19.5 Å². The Hall–Kier alpha value is -2.18. The van der Waals surface area contributed by atoms with Gasteiger partial charge in [-0.2, -0.15) is 4.52 Å². The minimum atomic E-state index is -0.599. The molecule has 0 aliphatic heterocycles. The molecule has 2 aromatic rings. The Morgan fingerprint density at radius 3 is 3.08 bits per heavy atom. The Morgan fingerprint density at radius 1 is 1.62 bits per heavy atom. The van der Waals surface area contributed by atoms with Gasteiger partial charge in [0.25, 0.3) is 5.56 Å². The van der Waals surface area contributed by atoms with Gasteiger partial charge in [-0.1, -0.05) is 0 Å². The van der Waals surface area contributed by atoms with E-state index >= 15 is 0 Å². The van der Waals surface area contributed by atoms with Crippen LogP contribution in [-0.2, 0) is 0 Å². The molecule has 1 N–H and O–H groups in total. The van der Waals surface area contributed by atoms with E-state index in [4.69, 9.17) is 0 Å². The topological polar surface area (TPSA) is 93.3 Å². The average Bonchev–Trinajstić information content (AvgIpc) is 2.48. The Morgan fingerprint density at radius 2 is 2.38 bits per heavy atom. The molecule has 7 heteroatoms. The lowest BCUT2D eigenvalue weighted by Gasteiger charge is -1.88. The summed E-state index contributed by atoms with van der Waals surface area (Å²) < 4.78 is 1.01. The Labute approximate surface area is 70.8 Å². The molecule has 0 fully saturated rings. The molecule has 0 saturated heterocycles. The lowest BCUT2D eigenvalue weighted by molar-refractivity contribution is -0.383. The van der Waals surface area contributed by atoms with Crippen LogP contribution < -0.4 is 5.56 Å². The molecule has 0 unspecified atom stereocenters. The van der Waals surface area contributed by atoms with Gasteiger partial charge in [-0.15, -0.1) is 0 Å². The van der Waals surface area contributed by atoms with E-state index in [1.54, 1.807) is 0 Å². The van der Waals surface area contributed by atoms with Crippen molar-refractivity contribution in [3.8, 4) is 0 Å². The van der Waals surface area contributed by atoms with Crippen molar-refractivity contribution < 1.29 is 4.92 Å². The summed E-state index contributed by atoms with van der Waals surface area (Å²) in [5.74, 6) is 0. The first kappa shape index (κ1) is 7.47. The number of nitrogens with zero attached hydrogens (tertiary/aromatic N) is 3. The fraction of sp³-hybridized carbons (Fsp3) is 0. The van der Waals surface area contributed by atoms with Crippen LogP contribution in [0.1, 0.15) is 0 Å². The number of fused-ring (bicyclic) bond motifs is 1. The molecule has 0 aromatic carbocycles. The van der Waals surface area contributed by atoms with Crippen molar-refractivity contribution in [3.05, 3.63) is 38.9 Å². The van der Waals surface area contributed by atoms with Crippen LogP contribution >= 0.6 is 0 Å². The zero-order valence-electron chi connectivity index (χ0n) is 6.30. The highest BCUT2D eigenvalue weighted by molar-refractivity contribution is 5.57. The zero-order valence-corrected chi connectivity index (χ0v) is 6.30. The second-order valence-corrected chi connectivity index (χ2v) is 2.36. The summed E-state index contributed by atoms with van der Waals surface area (Å²) >= 11 is 0. The van der Waals surface area contributed by atoms with Crippen molar-refractivity contribution in [3.63, 3.8) is 0 Å². The standard InChI is InChI=1S/C6H4N4O3/c11-5-1-2-7-6-4(10(12)13)3-8-9(5)6/h1-3,8H. The Kier molecular flexibility index (Phi) is 1.38. The van der Waals surface area contributed by atoms with E-state index < -0.39 is 4.92 Å². The highest BCUT2D eigenvalue weighted by Crippen LogP contribution is 2.13. The average molecular weight is 180 g/mol. The molecule has 0 radical (unpaired) electrons. The van der Waals surface area contributed by atoms with Gasteiger partial charge in [-0.3, -0.25) is 20.0 Å². The molecule has 0 amide bonds. The van der Waals surface area contributed by atoms with Crippen LogP contribution in [0, 0.1) is 10.1 Å². The maximum Gasteiger partial charge on any atom is 0.331 e. The quantitative estimate of drug-likeness (QED) is 0.491. The number of rotatable bonds is 1. The van der Waals surface area contributed by atoms with Gasteiger partial charge in [-0.25, -0.2) is 4.98 Å². The molecule has 66 valence electrons. The number of nitro groups is 1. The van der Waals surface area contributed by atoms with Gasteiger partial charge < -0.3 is 0 Å². The van der Waals surface area contributed by atoms with Crippen molar-refractivity contribution in [2.75, 3.05) is 0 Å². The first-order valence-electron chi connectivity index (χ1n) is 3.39. The van der Waals surface area contributed by atoms with Crippen LogP contribution in [0.4, 0.5) is 5.69 Å². The van der Waals surface area contributed by atoms with Crippen molar-refractivity contribution >= 4 is 11.3 Å². The van der Waals surface area contributed by atoms with Gasteiger partial charge in [0, 0.05) is 12.3 Å². The predicted octanol–water partition coefficient (Wildman–Crippen LogP) is -0.0692. The zero-order chi connectivity index (χ0) is 9.42. The molecule has 2 rings (SSSR count). The number of aromatic amines is 1. The van der Waals surface area contributed by atoms with E-state index in [0.717, 1.165) is 10.7 Å². The largest absolute Gasteiger partial charge is 0.331 e. The van der Waals surface area contributed by atoms with E-state index in [9.17, 15) is 14.9 Å². The van der Waals surface area contributed by atoms with Crippen LogP contribution in [0.3, 0.4) is 0 Å². The third-order valence-electron chi connectivity index (χ3n) is 1.60. The molecule has 0 bridgehead atoms. The first-order valence-corrected chi connectivity index (χ1v) is 3.39. The van der Waals surface area contributed by atoms with Gasteiger partial charge in [0.15, 0.2) is 0 Å². The third-order valence-corrected chi connectivity index (χ3v) is 1.60. The molecule has 0 aliphatic rings. The normalized spacial score (nSPS) is 10.5. The molecule has 13 heavy (non-hydrogen) atoms. The molecular weight excluding hydrogens is 176 g/mol. The number of H-pyrrole nitrogens is 1. The van der Waals surface area contributed by atoms with E-state index in [1.807, 2.05) is 0 Å². The fourth-order valence-corrected chi connectivity index (χ4v) is 1.04. The third kappa shape index (κ3) is 0.975. The van der Waals surface area contributed by atoms with Gasteiger partial charge in [0.1, 0.15) is 6.20 Å². The molecule has 7 nitrogen and oxygen atoms in total. The second kappa shape index (κ2) is 2.41. The number of hydrogen-bond acceptors (Lipinski definition) is 4. The summed E-state index contributed by atoms with van der Waals surface area (Å²) in [6, 6.07) is 1.22. The monoisotopic (exact) mass is 180 g/mol. The van der Waals surface area contributed by atoms with Crippen LogP contribution in [0.25, 0.3) is 5.65 Å². The minimum Gasteiger partial charge on any atom is -0.290 e. The lowest BCUT2D eigenvalue weighted by Crippen LogP contribution is -2.12. The van der Waals surface area contributed by atoms with E-state index in [1.165, 1.54) is 12.3 Å². The Bertz CT molecular complexity index is 526. The van der Waals surface area contributed by atoms with Gasteiger partial charge in [-0.05, 0) is 0 Å². The van der Waals surface area contributed by atoms with E-state index in [2.05, 4.69) is 10.1 Å². The van der Waals surface area contributed by atoms with Gasteiger partial charge in [0.2, 0.25) is 5.65 Å². The van der Waals surface area contributed by atoms with Crippen molar-refractivity contribution in [1.29, 1.82) is 0 Å². The number of nitrogens with one attached hydrogen (secondary N) is 1. The first-order chi connectivity index (χ1) is 6.20. The van der Waals surface area contributed by atoms with Crippen molar-refractivity contribution in [2.45, 2.75) is 0 Å². The molecule has 2 aromatic heterocycles. The maximum absolute atomic E-state index is 11.1. The SMILES string of the molecule is O=c1ccnc2c([N+](=O)[O-])c[nH]n12. The fourth-order valence-electron chi connectivity index (χ4n) is 1.04. The number of hydrogen-bond donors (Lipinski definition) is 1. The highest BCUT2D eigenvalue weighted by Gasteiger charge is 2.15. The van der Waals surface area contributed by atoms with Gasteiger partial charge >= 0.3 is 5.69 Å². The van der Waals surface area contributed by atoms with E-state index in [0.29, 0.717) is 0 Å². The summed E-state index contributed by atoms with van der Waals surface area (Å²) in [7, 11) is 0. The summed E-state index contributed by atoms with van der Waals surface area (Å²) in [6.45, 7) is 0. The van der Waals surface area contributed by atoms with Crippen molar-refractivity contribution in [1.82, 2.24) is 14.6 Å². The summed E-state index contributed by atoms with van der Waals surface area (Å²) in [6.07, 6.45) is 2.36. The van der Waals surface area contributed by atoms with Crippen LogP contribution in [0.15, 0.2) is 23.3 Å². The summed E-state index contributed by atoms with van der Waals surface area (Å²) in [5.41, 5.74) is -0.562. The lowest BCUT2D eigenvalue weighted by atomic mass is 10.5. The van der Waals surface area contributed by atoms with Crippen molar-refractivity contribution in [2.24, 2.45) is 0 Å². The smallest absolute Gasteiger partial charge is 0.290 e. The molecule has 0 saturated carbocycles. The highest BCUT2D eigenvalue weighted by atomic mass is 16.6. The van der Waals surface area contributed by atoms with E-state index in [-0.39, 0.29) is 16.9 Å². The van der Waals surface area contributed by atoms with Crippen LogP contribution in [0.2, 0.25) is 0 Å². The number of aromatic nitrogens is 3. The Balaban J connectivity index is 2.91. The second-order valence-electron chi connectivity index (χ2n) is 2.36.